The largest absolute Gasteiger partial charge is 0.394 e. The Morgan fingerprint density at radius 1 is 0.283 bits per heavy atom. The minimum atomic E-state index is -2.44. The van der Waals surface area contributed by atoms with Crippen LogP contribution in [0.4, 0.5) is 0 Å². The van der Waals surface area contributed by atoms with E-state index in [0.717, 1.165) is 6.92 Å². The van der Waals surface area contributed by atoms with Crippen molar-refractivity contribution in [2.75, 3.05) is 52.9 Å². The van der Waals surface area contributed by atoms with Crippen LogP contribution in [-0.4, -0.2) is 432 Å². The van der Waals surface area contributed by atoms with Crippen molar-refractivity contribution in [2.24, 2.45) is 0 Å². The highest BCUT2D eigenvalue weighted by molar-refractivity contribution is 5.73. The van der Waals surface area contributed by atoms with E-state index in [0.29, 0.717) is 0 Å². The van der Waals surface area contributed by atoms with Gasteiger partial charge in [0.15, 0.2) is 50.3 Å². The van der Waals surface area contributed by atoms with Gasteiger partial charge in [0, 0.05) is 6.92 Å². The summed E-state index contributed by atoms with van der Waals surface area (Å²) in [5.74, 6) is -0.816. The number of nitrogens with one attached hydrogen (secondary N) is 1. The molecule has 42 nitrogen and oxygen atoms in total. The van der Waals surface area contributed by atoms with E-state index in [2.05, 4.69) is 5.32 Å². The van der Waals surface area contributed by atoms with Crippen LogP contribution in [0.25, 0.3) is 0 Å². The summed E-state index contributed by atoms with van der Waals surface area (Å²) in [4.78, 5) is 12.1. The second kappa shape index (κ2) is 32.7. The van der Waals surface area contributed by atoms with E-state index in [1.807, 2.05) is 0 Å². The monoisotopic (exact) mass is 1360 g/mol. The average Bonchev–Trinajstić information content (AvgIpc) is 0.801. The molecule has 0 saturated carbocycles. The SMILES string of the molecule is CC(=O)N[C@H]1C(O)O[C@H](CO)[C@@H](O[C@@H]2O[C@H](CO[C@H]3O[C@H](CO[C@H]4O[C@H](CO)[C@@H](O)[C@H](O)[C@@H]4O)[C@@H](O)[C@H](O)[C@@H]3O)[C@@H](O)[C@H](O[C@H]3O[C@H](CO)[C@@H](O)[C@H](O)[C@@H]3O[C@H]3O[C@H](CO)[C@@H](O)[C@H](O)[C@@H]3O[C@H]3O[C@H](CO)[C@@H](O)[C@H](O[C@H]4O[C@H](CO)[C@@H](O)[C@H](O)[C@H]4O)[C@@H]3O)[C@@H]2O)[C@@H]1O. The highest BCUT2D eigenvalue weighted by Crippen LogP contribution is 2.38. The molecule has 0 spiro atoms. The van der Waals surface area contributed by atoms with E-state index < -0.39 is 304 Å². The second-order valence-corrected chi connectivity index (χ2v) is 23.2. The van der Waals surface area contributed by atoms with Gasteiger partial charge in [0.2, 0.25) is 5.91 Å². The molecular formula is C50H85NO41. The van der Waals surface area contributed by atoms with Crippen LogP contribution in [0.2, 0.25) is 0 Å². The molecule has 1 unspecified atom stereocenters. The van der Waals surface area contributed by atoms with Crippen molar-refractivity contribution in [2.45, 2.75) is 253 Å². The van der Waals surface area contributed by atoms with Gasteiger partial charge in [0.1, 0.15) is 195 Å². The Morgan fingerprint density at radius 2 is 0.565 bits per heavy atom. The second-order valence-electron chi connectivity index (χ2n) is 23.2. The number of ether oxygens (including phenoxy) is 15. The summed E-state index contributed by atoms with van der Waals surface area (Å²) < 4.78 is 85.7. The number of carbonyl (C=O) groups is 1. The summed E-state index contributed by atoms with van der Waals surface area (Å²) in [6, 6.07) is -1.71. The Kier molecular flexibility index (Phi) is 26.9. The number of hydrogen-bond acceptors (Lipinski definition) is 41. The Bertz CT molecular complexity index is 2260. The van der Waals surface area contributed by atoms with Gasteiger partial charge in [0.25, 0.3) is 0 Å². The molecule has 0 aromatic carbocycles. The zero-order valence-corrected chi connectivity index (χ0v) is 48.5. The lowest BCUT2D eigenvalue weighted by molar-refractivity contribution is -0.410. The fourth-order valence-corrected chi connectivity index (χ4v) is 11.6. The molecule has 8 rings (SSSR count). The number of aliphatic hydroxyl groups excluding tert-OH is 25. The van der Waals surface area contributed by atoms with Crippen molar-refractivity contribution in [3.8, 4) is 0 Å². The minimum absolute atomic E-state index is 0.816. The van der Waals surface area contributed by atoms with Crippen molar-refractivity contribution in [1.29, 1.82) is 0 Å². The molecule has 8 aliphatic heterocycles. The Hall–Kier alpha value is -2.13. The highest BCUT2D eigenvalue weighted by Gasteiger charge is 2.59. The van der Waals surface area contributed by atoms with Crippen molar-refractivity contribution in [1.82, 2.24) is 5.32 Å². The molecule has 8 aliphatic rings. The Balaban J connectivity index is 1.07. The predicted molar refractivity (Wildman–Crippen MR) is 276 cm³/mol. The fraction of sp³-hybridized carbons (Fsp3) is 0.980. The first-order valence-electron chi connectivity index (χ1n) is 29.2. The zero-order chi connectivity index (χ0) is 67.6. The molecule has 8 heterocycles. The van der Waals surface area contributed by atoms with E-state index >= 15 is 0 Å². The normalized spacial score (nSPS) is 52.2. The van der Waals surface area contributed by atoms with Crippen LogP contribution >= 0.6 is 0 Å². The molecule has 536 valence electrons. The third-order valence-electron chi connectivity index (χ3n) is 17.0. The molecule has 8 fully saturated rings. The topological polar surface area (TPSA) is 673 Å². The summed E-state index contributed by atoms with van der Waals surface area (Å²) in [6.45, 7) is -7.10. The van der Waals surface area contributed by atoms with E-state index in [4.69, 9.17) is 71.1 Å². The molecular weight excluding hydrogens is 1270 g/mol. The average molecular weight is 1360 g/mol. The van der Waals surface area contributed by atoms with Gasteiger partial charge < -0.3 is 204 Å². The van der Waals surface area contributed by atoms with Gasteiger partial charge in [-0.05, 0) is 0 Å². The first-order chi connectivity index (χ1) is 43.5. The van der Waals surface area contributed by atoms with Crippen LogP contribution in [-0.2, 0) is 75.8 Å². The van der Waals surface area contributed by atoms with Crippen LogP contribution in [0.3, 0.4) is 0 Å². The third-order valence-corrected chi connectivity index (χ3v) is 17.0. The maximum atomic E-state index is 12.2. The van der Waals surface area contributed by atoms with E-state index in [1.54, 1.807) is 0 Å². The van der Waals surface area contributed by atoms with Gasteiger partial charge in [-0.25, -0.2) is 0 Å². The lowest BCUT2D eigenvalue weighted by Crippen LogP contribution is -2.69. The number of aliphatic hydroxyl groups is 25. The van der Waals surface area contributed by atoms with E-state index in [1.165, 1.54) is 0 Å². The smallest absolute Gasteiger partial charge is 0.217 e. The molecule has 8 saturated heterocycles. The van der Waals surface area contributed by atoms with Crippen molar-refractivity contribution >= 4 is 5.91 Å². The molecule has 0 aliphatic carbocycles. The van der Waals surface area contributed by atoms with Gasteiger partial charge in [-0.2, -0.15) is 0 Å². The Labute approximate surface area is 519 Å². The van der Waals surface area contributed by atoms with Crippen molar-refractivity contribution in [3.63, 3.8) is 0 Å². The molecule has 1 amide bonds. The first-order valence-corrected chi connectivity index (χ1v) is 29.2. The number of amides is 1. The number of hydrogen-bond donors (Lipinski definition) is 26. The molecule has 92 heavy (non-hydrogen) atoms. The lowest BCUT2D eigenvalue weighted by atomic mass is 9.94. The highest BCUT2D eigenvalue weighted by atomic mass is 16.8. The van der Waals surface area contributed by atoms with Crippen LogP contribution in [0.1, 0.15) is 6.92 Å². The zero-order valence-electron chi connectivity index (χ0n) is 48.5. The molecule has 0 radical (unpaired) electrons. The summed E-state index contributed by atoms with van der Waals surface area (Å²) >= 11 is 0. The minimum Gasteiger partial charge on any atom is -0.394 e. The molecule has 26 N–H and O–H groups in total. The maximum Gasteiger partial charge on any atom is 0.217 e. The summed E-state index contributed by atoms with van der Waals surface area (Å²) in [6.07, 6.45) is -80.3. The first kappa shape index (κ1) is 75.6. The summed E-state index contributed by atoms with van der Waals surface area (Å²) in [5.41, 5.74) is 0. The quantitative estimate of drug-likeness (QED) is 0.0452. The van der Waals surface area contributed by atoms with Gasteiger partial charge >= 0.3 is 0 Å². The molecule has 0 aromatic heterocycles. The van der Waals surface area contributed by atoms with Crippen LogP contribution in [0.5, 0.6) is 0 Å². The predicted octanol–water partition coefficient (Wildman–Crippen LogP) is -18.3. The fourth-order valence-electron chi connectivity index (χ4n) is 11.6. The van der Waals surface area contributed by atoms with Crippen LogP contribution in [0, 0.1) is 0 Å². The summed E-state index contributed by atoms with van der Waals surface area (Å²) in [7, 11) is 0. The molecule has 42 heteroatoms. The maximum absolute atomic E-state index is 12.2. The van der Waals surface area contributed by atoms with Crippen molar-refractivity contribution in [3.05, 3.63) is 0 Å². The molecule has 40 atom stereocenters. The van der Waals surface area contributed by atoms with Gasteiger partial charge in [-0.3, -0.25) is 4.79 Å². The number of rotatable bonds is 23. The third kappa shape index (κ3) is 16.0. The van der Waals surface area contributed by atoms with Crippen molar-refractivity contribution < 1.29 is 204 Å². The lowest BCUT2D eigenvalue weighted by Gasteiger charge is -2.50. The molecule has 0 bridgehead atoms. The van der Waals surface area contributed by atoms with Crippen LogP contribution < -0.4 is 5.32 Å². The summed E-state index contributed by atoms with van der Waals surface area (Å²) in [5, 5.41) is 273. The molecule has 0 aromatic rings. The Morgan fingerprint density at radius 3 is 0.989 bits per heavy atom. The van der Waals surface area contributed by atoms with Gasteiger partial charge in [-0.15, -0.1) is 0 Å². The van der Waals surface area contributed by atoms with E-state index in [9.17, 15) is 132 Å². The number of carbonyl (C=O) groups excluding carboxylic acids is 1. The van der Waals surface area contributed by atoms with Gasteiger partial charge in [-0.1, -0.05) is 0 Å². The standard InChI is InChI=1S/C50H85NO41/c1-10(58)51-19-27(66)38(16(7-57)80-43(19)77)88-48-37(76)40(26(65)18(87-48)9-79-45-34(73)30(69)24(63)17(86-45)8-78-44-33(72)28(67)20(59)11(2-52)81-44)90-49-42(32(71)23(62)13(4-54)84-49)92-50-41(31(70)22(61)14(5-55)85-50)91-47-36(75)39(25(64)15(6-56)83-47)89-46-35(74)29(68)21(60)12(3-53)82-46/h11-50,52-57,59-77H,2-9H2,1H3,(H,51,58)/t11-,12-,13-,14-,15-,16-,17-,18-,19-,20-,21-,22-,23-,24-,25-,26-,27-,28+,29+,30+,31+,32+,33+,34+,35-,36+,37+,38-,39+,40+,41+,42+,43?,44+,45+,46-,47-,48+,49-,50-/m1/s1. The van der Waals surface area contributed by atoms with Crippen LogP contribution in [0.15, 0.2) is 0 Å². The van der Waals surface area contributed by atoms with Gasteiger partial charge in [0.05, 0.1) is 52.9 Å². The van der Waals surface area contributed by atoms with E-state index in [-0.39, 0.29) is 0 Å².